The van der Waals surface area contributed by atoms with Crippen LogP contribution in [-0.2, 0) is 15.7 Å². The fourth-order valence-electron chi connectivity index (χ4n) is 3.25. The lowest BCUT2D eigenvalue weighted by molar-refractivity contribution is -0.137. The molecule has 34 heavy (non-hydrogen) atoms. The highest BCUT2D eigenvalue weighted by molar-refractivity contribution is 5.99. The van der Waals surface area contributed by atoms with E-state index in [9.17, 15) is 22.8 Å². The van der Waals surface area contributed by atoms with E-state index in [2.05, 4.69) is 15.6 Å². The van der Waals surface area contributed by atoms with Gasteiger partial charge in [-0.25, -0.2) is 9.78 Å². The van der Waals surface area contributed by atoms with Crippen molar-refractivity contribution in [3.05, 3.63) is 96.2 Å². The fraction of sp³-hybridized carbons (Fsp3) is 0.0800. The van der Waals surface area contributed by atoms with Crippen LogP contribution in [-0.4, -0.2) is 23.5 Å². The number of carbonyl (C=O) groups excluding carboxylic acids is 2. The molecular weight excluding hydrogens is 447 g/mol. The molecular formula is C25H18F3N3O3. The quantitative estimate of drug-likeness (QED) is 0.352. The average Bonchev–Trinajstić information content (AvgIpc) is 2.82. The van der Waals surface area contributed by atoms with Crippen molar-refractivity contribution >= 4 is 39.8 Å². The van der Waals surface area contributed by atoms with Gasteiger partial charge in [-0.05, 0) is 53.2 Å². The highest BCUT2D eigenvalue weighted by atomic mass is 19.4. The van der Waals surface area contributed by atoms with Crippen LogP contribution in [0.15, 0.2) is 85.1 Å². The van der Waals surface area contributed by atoms with E-state index in [-0.39, 0.29) is 17.1 Å². The van der Waals surface area contributed by atoms with Gasteiger partial charge in [0.1, 0.15) is 11.4 Å². The number of nitrogens with zero attached hydrogens (tertiary/aromatic N) is 1. The van der Waals surface area contributed by atoms with Crippen LogP contribution in [0, 0.1) is 0 Å². The first-order valence-corrected chi connectivity index (χ1v) is 10.1. The third-order valence-electron chi connectivity index (χ3n) is 4.85. The predicted molar refractivity (Wildman–Crippen MR) is 122 cm³/mol. The van der Waals surface area contributed by atoms with Crippen LogP contribution < -0.4 is 10.6 Å². The molecule has 9 heteroatoms. The zero-order valence-corrected chi connectivity index (χ0v) is 17.6. The van der Waals surface area contributed by atoms with Crippen LogP contribution >= 0.6 is 0 Å². The van der Waals surface area contributed by atoms with Crippen LogP contribution in [0.4, 0.5) is 30.4 Å². The molecule has 0 fully saturated rings. The van der Waals surface area contributed by atoms with Crippen LogP contribution in [0.2, 0.25) is 0 Å². The second-order valence-electron chi connectivity index (χ2n) is 7.29. The molecule has 2 N–H and O–H groups in total. The third kappa shape index (κ3) is 5.50. The van der Waals surface area contributed by atoms with Gasteiger partial charge < -0.3 is 15.4 Å². The molecule has 0 aliphatic rings. The number of benzene rings is 3. The number of anilines is 3. The minimum atomic E-state index is -4.51. The number of aromatic nitrogens is 1. The molecule has 0 spiro atoms. The van der Waals surface area contributed by atoms with E-state index < -0.39 is 30.2 Å². The van der Waals surface area contributed by atoms with Crippen molar-refractivity contribution in [2.24, 2.45) is 0 Å². The Labute approximate surface area is 192 Å². The summed E-state index contributed by atoms with van der Waals surface area (Å²) in [5, 5.41) is 7.32. The van der Waals surface area contributed by atoms with Gasteiger partial charge >= 0.3 is 12.1 Å². The number of fused-ring (bicyclic) bond motifs is 1. The summed E-state index contributed by atoms with van der Waals surface area (Å²) in [7, 11) is 0. The summed E-state index contributed by atoms with van der Waals surface area (Å²) in [6.45, 7) is -0.552. The number of esters is 1. The van der Waals surface area contributed by atoms with Gasteiger partial charge in [0.05, 0.1) is 5.56 Å². The maximum Gasteiger partial charge on any atom is 0.416 e. The fourth-order valence-corrected chi connectivity index (χ4v) is 3.25. The van der Waals surface area contributed by atoms with Gasteiger partial charge in [-0.3, -0.25) is 4.79 Å². The number of rotatable bonds is 6. The zero-order chi connectivity index (χ0) is 24.1. The van der Waals surface area contributed by atoms with E-state index in [1.807, 2.05) is 30.3 Å². The molecule has 0 atom stereocenters. The predicted octanol–water partition coefficient (Wildman–Crippen LogP) is 5.79. The van der Waals surface area contributed by atoms with E-state index in [1.54, 1.807) is 12.1 Å². The van der Waals surface area contributed by atoms with Gasteiger partial charge in [0.2, 0.25) is 0 Å². The van der Waals surface area contributed by atoms with Gasteiger partial charge in [0, 0.05) is 17.6 Å². The second kappa shape index (κ2) is 9.62. The monoisotopic (exact) mass is 465 g/mol. The molecule has 4 rings (SSSR count). The normalized spacial score (nSPS) is 11.1. The van der Waals surface area contributed by atoms with Crippen LogP contribution in [0.25, 0.3) is 10.8 Å². The molecule has 1 aromatic heterocycles. The Hall–Kier alpha value is -4.40. The van der Waals surface area contributed by atoms with Crippen molar-refractivity contribution in [1.82, 2.24) is 4.98 Å². The summed E-state index contributed by atoms with van der Waals surface area (Å²) >= 11 is 0. The molecule has 0 bridgehead atoms. The van der Waals surface area contributed by atoms with Gasteiger partial charge in [0.25, 0.3) is 5.91 Å². The largest absolute Gasteiger partial charge is 0.452 e. The Morgan fingerprint density at radius 2 is 1.65 bits per heavy atom. The number of halogens is 3. The van der Waals surface area contributed by atoms with Crippen molar-refractivity contribution in [3.63, 3.8) is 0 Å². The van der Waals surface area contributed by atoms with Gasteiger partial charge in [-0.2, -0.15) is 13.2 Å². The maximum absolute atomic E-state index is 13.0. The minimum Gasteiger partial charge on any atom is -0.452 e. The van der Waals surface area contributed by atoms with Crippen molar-refractivity contribution in [3.8, 4) is 0 Å². The van der Waals surface area contributed by atoms with E-state index in [4.69, 9.17) is 4.74 Å². The highest BCUT2D eigenvalue weighted by Gasteiger charge is 2.30. The molecule has 1 amide bonds. The smallest absolute Gasteiger partial charge is 0.416 e. The third-order valence-corrected chi connectivity index (χ3v) is 4.85. The maximum atomic E-state index is 13.0. The number of amides is 1. The number of carbonyl (C=O) groups is 2. The lowest BCUT2D eigenvalue weighted by Crippen LogP contribution is -2.21. The summed E-state index contributed by atoms with van der Waals surface area (Å²) < 4.78 is 44.0. The second-order valence-corrected chi connectivity index (χ2v) is 7.29. The number of alkyl halides is 3. The van der Waals surface area contributed by atoms with Gasteiger partial charge in [0.15, 0.2) is 6.61 Å². The number of ether oxygens (including phenoxy) is 1. The Balaban J connectivity index is 1.41. The molecule has 0 unspecified atom stereocenters. The van der Waals surface area contributed by atoms with Crippen molar-refractivity contribution in [2.75, 3.05) is 17.2 Å². The number of pyridine rings is 1. The lowest BCUT2D eigenvalue weighted by atomic mass is 10.1. The van der Waals surface area contributed by atoms with Crippen molar-refractivity contribution in [1.29, 1.82) is 0 Å². The Morgan fingerprint density at radius 1 is 0.853 bits per heavy atom. The molecule has 0 aliphatic carbocycles. The molecule has 4 aromatic rings. The molecule has 0 aliphatic heterocycles. The Bertz CT molecular complexity index is 1360. The molecule has 0 radical (unpaired) electrons. The summed E-state index contributed by atoms with van der Waals surface area (Å²) in [5.41, 5.74) is -0.231. The van der Waals surface area contributed by atoms with Gasteiger partial charge in [-0.1, -0.05) is 36.4 Å². The van der Waals surface area contributed by atoms with E-state index in [1.165, 1.54) is 30.5 Å². The first-order valence-electron chi connectivity index (χ1n) is 10.1. The van der Waals surface area contributed by atoms with Crippen LogP contribution in [0.3, 0.4) is 0 Å². The number of hydrogen-bond donors (Lipinski definition) is 2. The Morgan fingerprint density at radius 3 is 2.44 bits per heavy atom. The lowest BCUT2D eigenvalue weighted by Gasteiger charge is -2.13. The van der Waals surface area contributed by atoms with Gasteiger partial charge in [-0.15, -0.1) is 0 Å². The Kier molecular flexibility index (Phi) is 6.44. The first kappa shape index (κ1) is 22.8. The number of nitrogens with one attached hydrogen (secondary N) is 2. The van der Waals surface area contributed by atoms with Crippen LogP contribution in [0.1, 0.15) is 15.9 Å². The molecule has 0 saturated heterocycles. The molecule has 3 aromatic carbocycles. The van der Waals surface area contributed by atoms with E-state index in [0.717, 1.165) is 22.9 Å². The summed E-state index contributed by atoms with van der Waals surface area (Å²) in [6.07, 6.45) is -3.14. The SMILES string of the molecule is O=C(COC(=O)c1cccnc1Nc1cccc(C(F)(F)F)c1)Nc1ccc2ccccc2c1. The number of hydrogen-bond acceptors (Lipinski definition) is 5. The zero-order valence-electron chi connectivity index (χ0n) is 17.6. The van der Waals surface area contributed by atoms with E-state index >= 15 is 0 Å². The summed E-state index contributed by atoms with van der Waals surface area (Å²) in [4.78, 5) is 28.8. The minimum absolute atomic E-state index is 0.00163. The summed E-state index contributed by atoms with van der Waals surface area (Å²) in [5.74, 6) is -1.39. The highest BCUT2D eigenvalue weighted by Crippen LogP contribution is 2.31. The molecule has 0 saturated carbocycles. The van der Waals surface area contributed by atoms with Crippen LogP contribution in [0.5, 0.6) is 0 Å². The standard InChI is InChI=1S/C25H18F3N3O3/c26-25(27,28)18-7-3-8-19(14-18)31-23-21(9-4-12-29-23)24(33)34-15-22(32)30-20-11-10-16-5-1-2-6-17(16)13-20/h1-14H,15H2,(H,29,31)(H,30,32). The van der Waals surface area contributed by atoms with Crippen molar-refractivity contribution in [2.45, 2.75) is 6.18 Å². The topological polar surface area (TPSA) is 80.3 Å². The molecule has 172 valence electrons. The average molecular weight is 465 g/mol. The summed E-state index contributed by atoms with van der Waals surface area (Å²) in [6, 6.07) is 20.4. The van der Waals surface area contributed by atoms with E-state index in [0.29, 0.717) is 5.69 Å². The molecule has 1 heterocycles. The first-order chi connectivity index (χ1) is 16.3. The molecule has 6 nitrogen and oxygen atoms in total. The van der Waals surface area contributed by atoms with Crippen molar-refractivity contribution < 1.29 is 27.5 Å².